The fourth-order valence-electron chi connectivity index (χ4n) is 1.60. The molecule has 5 heteroatoms. The van der Waals surface area contributed by atoms with Gasteiger partial charge < -0.3 is 10.4 Å². The van der Waals surface area contributed by atoms with Crippen LogP contribution in [0.15, 0.2) is 23.4 Å². The molecule has 4 nitrogen and oxygen atoms in total. The van der Waals surface area contributed by atoms with Gasteiger partial charge in [0.2, 0.25) is 0 Å². The summed E-state index contributed by atoms with van der Waals surface area (Å²) in [6, 6.07) is 3.42. The van der Waals surface area contributed by atoms with Crippen LogP contribution in [0.4, 0.5) is 0 Å². The highest BCUT2D eigenvalue weighted by atomic mass is 32.2. The molecule has 1 atom stereocenters. The lowest BCUT2D eigenvalue weighted by atomic mass is 10.1. The van der Waals surface area contributed by atoms with Crippen LogP contribution in [-0.2, 0) is 0 Å². The maximum absolute atomic E-state index is 11.8. The molecule has 1 amide bonds. The molecule has 1 unspecified atom stereocenters. The smallest absolute Gasteiger partial charge is 0.251 e. The average molecular weight is 268 g/mol. The highest BCUT2D eigenvalue weighted by Crippen LogP contribution is 2.12. The molecule has 0 spiro atoms. The topological polar surface area (TPSA) is 62.2 Å². The maximum atomic E-state index is 11.8. The van der Waals surface area contributed by atoms with E-state index in [2.05, 4.69) is 10.3 Å². The van der Waals surface area contributed by atoms with Gasteiger partial charge in [0.05, 0.1) is 11.1 Å². The number of thioether (sulfide) groups is 1. The number of carbonyl (C=O) groups is 1. The molecule has 0 radical (unpaired) electrons. The van der Waals surface area contributed by atoms with Gasteiger partial charge in [-0.15, -0.1) is 11.8 Å². The Morgan fingerprint density at radius 3 is 2.89 bits per heavy atom. The summed E-state index contributed by atoms with van der Waals surface area (Å²) in [6.07, 6.45) is 3.73. The number of nitrogens with zero attached hydrogens (tertiary/aromatic N) is 1. The first kappa shape index (κ1) is 15.0. The second kappa shape index (κ2) is 7.38. The standard InChI is InChI=1S/C13H20N2O2S/c1-9(2)6-11(16)8-15-13(17)10-4-5-14-12(7-10)18-3/h4-5,7,9,11,16H,6,8H2,1-3H3,(H,15,17). The van der Waals surface area contributed by atoms with Gasteiger partial charge in [0.15, 0.2) is 0 Å². The highest BCUT2D eigenvalue weighted by molar-refractivity contribution is 7.98. The second-order valence-corrected chi connectivity index (χ2v) is 5.41. The number of hydrogen-bond acceptors (Lipinski definition) is 4. The van der Waals surface area contributed by atoms with Crippen LogP contribution in [0, 0.1) is 5.92 Å². The van der Waals surface area contributed by atoms with Crippen LogP contribution in [-0.4, -0.2) is 34.9 Å². The first-order valence-electron chi connectivity index (χ1n) is 5.99. The van der Waals surface area contributed by atoms with Crippen molar-refractivity contribution in [2.75, 3.05) is 12.8 Å². The predicted octanol–water partition coefficient (Wildman–Crippen LogP) is 1.94. The molecule has 0 saturated carbocycles. The van der Waals surface area contributed by atoms with E-state index in [9.17, 15) is 9.90 Å². The van der Waals surface area contributed by atoms with Gasteiger partial charge in [-0.2, -0.15) is 0 Å². The Hall–Kier alpha value is -1.07. The van der Waals surface area contributed by atoms with Gasteiger partial charge in [-0.25, -0.2) is 4.98 Å². The van der Waals surface area contributed by atoms with Gasteiger partial charge in [-0.1, -0.05) is 13.8 Å². The first-order valence-corrected chi connectivity index (χ1v) is 7.21. The van der Waals surface area contributed by atoms with Crippen LogP contribution < -0.4 is 5.32 Å². The van der Waals surface area contributed by atoms with Crippen LogP contribution in [0.25, 0.3) is 0 Å². The number of aliphatic hydroxyl groups excluding tert-OH is 1. The molecule has 0 aliphatic heterocycles. The molecular formula is C13H20N2O2S. The Kier molecular flexibility index (Phi) is 6.15. The Balaban J connectivity index is 2.49. The van der Waals surface area contributed by atoms with Crippen LogP contribution in [0.1, 0.15) is 30.6 Å². The van der Waals surface area contributed by atoms with Crippen LogP contribution >= 0.6 is 11.8 Å². The summed E-state index contributed by atoms with van der Waals surface area (Å²) < 4.78 is 0. The molecule has 0 saturated heterocycles. The molecule has 0 aliphatic carbocycles. The van der Waals surface area contributed by atoms with E-state index < -0.39 is 6.10 Å². The lowest BCUT2D eigenvalue weighted by Crippen LogP contribution is -2.32. The summed E-state index contributed by atoms with van der Waals surface area (Å²) >= 11 is 1.49. The van der Waals surface area contributed by atoms with E-state index in [4.69, 9.17) is 0 Å². The molecule has 1 heterocycles. The zero-order chi connectivity index (χ0) is 13.5. The molecule has 1 rings (SSSR count). The summed E-state index contributed by atoms with van der Waals surface area (Å²) in [7, 11) is 0. The molecule has 2 N–H and O–H groups in total. The van der Waals surface area contributed by atoms with Crippen LogP contribution in [0.3, 0.4) is 0 Å². The van der Waals surface area contributed by atoms with Crippen LogP contribution in [0.2, 0.25) is 0 Å². The van der Waals surface area contributed by atoms with Crippen molar-refractivity contribution >= 4 is 17.7 Å². The summed E-state index contributed by atoms with van der Waals surface area (Å²) in [4.78, 5) is 16.0. The minimum atomic E-state index is -0.490. The van der Waals surface area contributed by atoms with Gasteiger partial charge in [-0.05, 0) is 30.7 Å². The minimum absolute atomic E-state index is 0.171. The predicted molar refractivity (Wildman–Crippen MR) is 73.8 cm³/mol. The van der Waals surface area contributed by atoms with E-state index in [1.165, 1.54) is 11.8 Å². The van der Waals surface area contributed by atoms with Gasteiger partial charge in [0.25, 0.3) is 5.91 Å². The third-order valence-corrected chi connectivity index (χ3v) is 3.09. The number of aromatic nitrogens is 1. The molecule has 1 aromatic rings. The lowest BCUT2D eigenvalue weighted by Gasteiger charge is -2.13. The number of aliphatic hydroxyl groups is 1. The normalized spacial score (nSPS) is 12.5. The van der Waals surface area contributed by atoms with E-state index in [-0.39, 0.29) is 12.5 Å². The van der Waals surface area contributed by atoms with Crippen molar-refractivity contribution in [3.05, 3.63) is 23.9 Å². The SMILES string of the molecule is CSc1cc(C(=O)NCC(O)CC(C)C)ccn1. The summed E-state index contributed by atoms with van der Waals surface area (Å²) in [5, 5.41) is 13.2. The molecule has 100 valence electrons. The quantitative estimate of drug-likeness (QED) is 0.774. The third-order valence-electron chi connectivity index (χ3n) is 2.45. The first-order chi connectivity index (χ1) is 8.52. The summed E-state index contributed by atoms with van der Waals surface area (Å²) in [5.41, 5.74) is 0.575. The molecule has 0 fully saturated rings. The van der Waals surface area contributed by atoms with E-state index >= 15 is 0 Å². The highest BCUT2D eigenvalue weighted by Gasteiger charge is 2.10. The van der Waals surface area contributed by atoms with Crippen molar-refractivity contribution in [3.63, 3.8) is 0 Å². The second-order valence-electron chi connectivity index (χ2n) is 4.58. The Bertz CT molecular complexity index is 396. The zero-order valence-electron chi connectivity index (χ0n) is 11.0. The molecule has 0 aromatic carbocycles. The number of rotatable bonds is 6. The Labute approximate surface area is 112 Å². The number of amides is 1. The van der Waals surface area contributed by atoms with Gasteiger partial charge >= 0.3 is 0 Å². The number of nitrogens with one attached hydrogen (secondary N) is 1. The van der Waals surface area contributed by atoms with Crippen molar-refractivity contribution in [1.29, 1.82) is 0 Å². The lowest BCUT2D eigenvalue weighted by molar-refractivity contribution is 0.0900. The third kappa shape index (κ3) is 5.06. The fraction of sp³-hybridized carbons (Fsp3) is 0.538. The molecular weight excluding hydrogens is 248 g/mol. The van der Waals surface area contributed by atoms with Gasteiger partial charge in [-0.3, -0.25) is 4.79 Å². The van der Waals surface area contributed by atoms with E-state index in [0.717, 1.165) is 5.03 Å². The van der Waals surface area contributed by atoms with Gasteiger partial charge in [0, 0.05) is 18.3 Å². The van der Waals surface area contributed by atoms with E-state index in [1.54, 1.807) is 18.3 Å². The van der Waals surface area contributed by atoms with E-state index in [1.807, 2.05) is 20.1 Å². The van der Waals surface area contributed by atoms with Crippen molar-refractivity contribution in [1.82, 2.24) is 10.3 Å². The average Bonchev–Trinajstić information content (AvgIpc) is 2.35. The molecule has 18 heavy (non-hydrogen) atoms. The van der Waals surface area contributed by atoms with Crippen molar-refractivity contribution < 1.29 is 9.90 Å². The van der Waals surface area contributed by atoms with Crippen molar-refractivity contribution in [2.24, 2.45) is 5.92 Å². The largest absolute Gasteiger partial charge is 0.391 e. The fourth-order valence-corrected chi connectivity index (χ4v) is 2.01. The zero-order valence-corrected chi connectivity index (χ0v) is 11.8. The van der Waals surface area contributed by atoms with Crippen molar-refractivity contribution in [3.8, 4) is 0 Å². The number of pyridine rings is 1. The van der Waals surface area contributed by atoms with Crippen molar-refractivity contribution in [2.45, 2.75) is 31.4 Å². The Morgan fingerprint density at radius 2 is 2.28 bits per heavy atom. The summed E-state index contributed by atoms with van der Waals surface area (Å²) in [6.45, 7) is 4.37. The Morgan fingerprint density at radius 1 is 1.56 bits per heavy atom. The number of hydrogen-bond donors (Lipinski definition) is 2. The monoisotopic (exact) mass is 268 g/mol. The molecule has 0 aliphatic rings. The van der Waals surface area contributed by atoms with E-state index in [0.29, 0.717) is 17.9 Å². The summed E-state index contributed by atoms with van der Waals surface area (Å²) in [5.74, 6) is 0.247. The van der Waals surface area contributed by atoms with Crippen LogP contribution in [0.5, 0.6) is 0 Å². The number of carbonyl (C=O) groups excluding carboxylic acids is 1. The molecule has 0 bridgehead atoms. The maximum Gasteiger partial charge on any atom is 0.251 e. The minimum Gasteiger partial charge on any atom is -0.391 e. The molecule has 1 aromatic heterocycles. The van der Waals surface area contributed by atoms with Gasteiger partial charge in [0.1, 0.15) is 0 Å².